The quantitative estimate of drug-likeness (QED) is 0.114. The van der Waals surface area contributed by atoms with Crippen molar-refractivity contribution in [3.8, 4) is 0 Å². The van der Waals surface area contributed by atoms with Gasteiger partial charge in [0, 0.05) is 0 Å². The van der Waals surface area contributed by atoms with Gasteiger partial charge in [-0.3, -0.25) is 13.7 Å². The molecule has 206 valence electrons. The minimum absolute atomic E-state index is 1.26. The normalized spacial score (nSPS) is 39.3. The van der Waals surface area contributed by atoms with Gasteiger partial charge < -0.3 is 39.7 Å². The topological polar surface area (TPSA) is 340 Å². The van der Waals surface area contributed by atoms with E-state index in [0.717, 1.165) is 0 Å². The van der Waals surface area contributed by atoms with E-state index in [-0.39, 0.29) is 0 Å². The highest BCUT2D eigenvalue weighted by atomic mass is 32.3. The van der Waals surface area contributed by atoms with Gasteiger partial charge >= 0.3 is 37.1 Å². The Balaban J connectivity index is 2.49. The van der Waals surface area contributed by atoms with Gasteiger partial charge in [0.05, 0.1) is 0 Å². The molecule has 2 aliphatic rings. The standard InChI is InChI=1S/C11H19NO20S3/c13-2-1(12-33(19,20)21)9(18)30-11(32-35(25,26)27)6(2)29-10-7(31-34(22,23)24)4(15)3(14)5(28-10)8(16)17/h1-7,9-15,18H,(H,16,17)(H,19,20,21)(H,22,23,24)(H,25,26,27)/t1-,2-,3+,4-,5-,6-,7+,9-,10-,11+/m1/s1. The molecule has 2 fully saturated rings. The first kappa shape index (κ1) is 30.0. The smallest absolute Gasteiger partial charge is 0.399 e. The van der Waals surface area contributed by atoms with Gasteiger partial charge in [0.2, 0.25) is 6.29 Å². The molecule has 2 rings (SSSR count). The van der Waals surface area contributed by atoms with Crippen LogP contribution in [-0.2, 0) is 58.5 Å². The lowest BCUT2D eigenvalue weighted by Gasteiger charge is -2.45. The van der Waals surface area contributed by atoms with Crippen LogP contribution in [0.25, 0.3) is 0 Å². The number of hydrogen-bond donors (Lipinski definition) is 9. The van der Waals surface area contributed by atoms with Gasteiger partial charge in [-0.15, -0.1) is 0 Å². The largest absolute Gasteiger partial charge is 0.479 e. The maximum Gasteiger partial charge on any atom is 0.399 e. The Bertz CT molecular complexity index is 1090. The number of carbonyl (C=O) groups is 1. The highest BCUT2D eigenvalue weighted by Gasteiger charge is 2.55. The lowest BCUT2D eigenvalue weighted by molar-refractivity contribution is -0.355. The molecular formula is C11H19NO20S3. The van der Waals surface area contributed by atoms with Crippen molar-refractivity contribution in [3.63, 3.8) is 0 Å². The van der Waals surface area contributed by atoms with Crippen molar-refractivity contribution >= 4 is 37.1 Å². The summed E-state index contributed by atoms with van der Waals surface area (Å²) >= 11 is 0. The monoisotopic (exact) mass is 581 g/mol. The van der Waals surface area contributed by atoms with Crippen molar-refractivity contribution in [2.75, 3.05) is 0 Å². The SMILES string of the molecule is O=C(O)[C@@H]1O[C@H](O[C@H]2[C@H](OS(=O)(=O)O)O[C@@H](O)[C@H](NS(=O)(=O)O)[C@H]2O)[C@@H](OS(=O)(=O)O)[C@H](O)[C@@H]1O. The first-order chi connectivity index (χ1) is 15.7. The van der Waals surface area contributed by atoms with E-state index in [1.54, 1.807) is 0 Å². The van der Waals surface area contributed by atoms with Gasteiger partial charge in [-0.1, -0.05) is 0 Å². The molecule has 21 nitrogen and oxygen atoms in total. The van der Waals surface area contributed by atoms with E-state index in [2.05, 4.69) is 13.1 Å². The minimum atomic E-state index is -5.50. The Morgan fingerprint density at radius 3 is 1.74 bits per heavy atom. The molecule has 2 saturated heterocycles. The van der Waals surface area contributed by atoms with E-state index in [1.165, 1.54) is 4.72 Å². The number of hydrogen-bond acceptors (Lipinski definition) is 16. The first-order valence-electron chi connectivity index (χ1n) is 8.68. The molecule has 0 aliphatic carbocycles. The molecule has 0 amide bonds. The summed E-state index contributed by atoms with van der Waals surface area (Å²) in [5.74, 6) is -1.97. The van der Waals surface area contributed by atoms with E-state index in [9.17, 15) is 50.5 Å². The predicted molar refractivity (Wildman–Crippen MR) is 97.6 cm³/mol. The Hall–Kier alpha value is -1.20. The van der Waals surface area contributed by atoms with Crippen molar-refractivity contribution in [1.82, 2.24) is 4.72 Å². The van der Waals surface area contributed by atoms with Crippen molar-refractivity contribution < 1.29 is 91.8 Å². The highest BCUT2D eigenvalue weighted by Crippen LogP contribution is 2.31. The predicted octanol–water partition coefficient (Wildman–Crippen LogP) is -6.29. The van der Waals surface area contributed by atoms with Crippen LogP contribution in [0.2, 0.25) is 0 Å². The zero-order valence-electron chi connectivity index (χ0n) is 16.5. The summed E-state index contributed by atoms with van der Waals surface area (Å²) in [6.07, 6.45) is -22.6. The molecular weight excluding hydrogens is 562 g/mol. The number of ether oxygens (including phenoxy) is 3. The van der Waals surface area contributed by atoms with Gasteiger partial charge in [0.15, 0.2) is 24.8 Å². The van der Waals surface area contributed by atoms with Gasteiger partial charge in [0.1, 0.15) is 30.5 Å². The second-order valence-electron chi connectivity index (χ2n) is 6.86. The molecule has 0 saturated carbocycles. The van der Waals surface area contributed by atoms with Crippen LogP contribution in [0.1, 0.15) is 0 Å². The van der Waals surface area contributed by atoms with E-state index < -0.39 is 98.6 Å². The number of nitrogens with one attached hydrogen (secondary N) is 1. The second-order valence-corrected chi connectivity index (χ2v) is 10.1. The molecule has 2 aliphatic heterocycles. The summed E-state index contributed by atoms with van der Waals surface area (Å²) in [5, 5.41) is 49.3. The molecule has 0 bridgehead atoms. The third-order valence-electron chi connectivity index (χ3n) is 4.37. The molecule has 2 heterocycles. The second kappa shape index (κ2) is 10.7. The van der Waals surface area contributed by atoms with Crippen LogP contribution < -0.4 is 4.72 Å². The zero-order valence-corrected chi connectivity index (χ0v) is 18.9. The van der Waals surface area contributed by atoms with Crippen LogP contribution in [0.3, 0.4) is 0 Å². The average molecular weight is 581 g/mol. The molecule has 24 heteroatoms. The van der Waals surface area contributed by atoms with Gasteiger partial charge in [-0.05, 0) is 0 Å². The number of rotatable bonds is 9. The van der Waals surface area contributed by atoms with Gasteiger partial charge in [-0.25, -0.2) is 13.2 Å². The van der Waals surface area contributed by atoms with Crippen LogP contribution in [0.15, 0.2) is 0 Å². The summed E-state index contributed by atoms with van der Waals surface area (Å²) in [7, 11) is -16.2. The maximum absolute atomic E-state index is 11.3. The van der Waals surface area contributed by atoms with Crippen LogP contribution in [0.4, 0.5) is 0 Å². The average Bonchev–Trinajstić information content (AvgIpc) is 2.64. The number of carboxylic acids is 1. The summed E-state index contributed by atoms with van der Waals surface area (Å²) in [6, 6.07) is -2.29. The lowest BCUT2D eigenvalue weighted by Crippen LogP contribution is -2.67. The Morgan fingerprint density at radius 1 is 0.743 bits per heavy atom. The van der Waals surface area contributed by atoms with Crippen LogP contribution in [0.5, 0.6) is 0 Å². The molecule has 0 aromatic rings. The van der Waals surface area contributed by atoms with Crippen LogP contribution in [-0.4, -0.2) is 132 Å². The third kappa shape index (κ3) is 8.15. The number of aliphatic hydroxyl groups is 4. The summed E-state index contributed by atoms with van der Waals surface area (Å²) < 4.78 is 117. The van der Waals surface area contributed by atoms with Crippen LogP contribution >= 0.6 is 0 Å². The minimum Gasteiger partial charge on any atom is -0.479 e. The van der Waals surface area contributed by atoms with Crippen LogP contribution in [0, 0.1) is 0 Å². The summed E-state index contributed by atoms with van der Waals surface area (Å²) in [4.78, 5) is 11.3. The van der Waals surface area contributed by atoms with Gasteiger partial charge in [-0.2, -0.15) is 30.0 Å². The van der Waals surface area contributed by atoms with Crippen molar-refractivity contribution in [1.29, 1.82) is 0 Å². The molecule has 0 aromatic carbocycles. The Kier molecular flexibility index (Phi) is 9.14. The number of aliphatic carboxylic acids is 1. The molecule has 0 unspecified atom stereocenters. The van der Waals surface area contributed by atoms with E-state index >= 15 is 0 Å². The Morgan fingerprint density at radius 2 is 1.29 bits per heavy atom. The molecule has 10 atom stereocenters. The highest BCUT2D eigenvalue weighted by molar-refractivity contribution is 7.83. The van der Waals surface area contributed by atoms with E-state index in [0.29, 0.717) is 0 Å². The fourth-order valence-corrected chi connectivity index (χ4v) is 4.50. The molecule has 35 heavy (non-hydrogen) atoms. The fraction of sp³-hybridized carbons (Fsp3) is 0.909. The zero-order chi connectivity index (χ0) is 27.1. The summed E-state index contributed by atoms with van der Waals surface area (Å²) in [6.45, 7) is 0. The van der Waals surface area contributed by atoms with Crippen molar-refractivity contribution in [3.05, 3.63) is 0 Å². The van der Waals surface area contributed by atoms with Crippen molar-refractivity contribution in [2.24, 2.45) is 0 Å². The lowest BCUT2D eigenvalue weighted by atomic mass is 9.98. The fourth-order valence-electron chi connectivity index (χ4n) is 3.02. The molecule has 0 aromatic heterocycles. The van der Waals surface area contributed by atoms with Crippen molar-refractivity contribution in [2.45, 2.75) is 61.5 Å². The van der Waals surface area contributed by atoms with E-state index in [1.807, 2.05) is 0 Å². The first-order valence-corrected chi connectivity index (χ1v) is 12.8. The van der Waals surface area contributed by atoms with E-state index in [4.69, 9.17) is 28.2 Å². The maximum atomic E-state index is 11.3. The Labute approximate surface area is 195 Å². The number of aliphatic hydroxyl groups excluding tert-OH is 4. The molecule has 0 radical (unpaired) electrons. The van der Waals surface area contributed by atoms with Gasteiger partial charge in [0.25, 0.3) is 0 Å². The third-order valence-corrected chi connectivity index (χ3v) is 5.84. The molecule has 0 spiro atoms. The molecule has 9 N–H and O–H groups in total. The summed E-state index contributed by atoms with van der Waals surface area (Å²) in [5.41, 5.74) is 0. The number of carboxylic acid groups (broad SMARTS) is 1.